The number of hydrogen-bond acceptors (Lipinski definition) is 4. The molecule has 0 spiro atoms. The van der Waals surface area contributed by atoms with Crippen LogP contribution in [-0.4, -0.2) is 48.6 Å². The maximum absolute atomic E-state index is 12.1. The summed E-state index contributed by atoms with van der Waals surface area (Å²) in [5, 5.41) is 0. The second-order valence-corrected chi connectivity index (χ2v) is 6.89. The minimum absolute atomic E-state index is 0.250. The zero-order chi connectivity index (χ0) is 14.0. The van der Waals surface area contributed by atoms with Crippen LogP contribution in [0.4, 0.5) is 0 Å². The molecule has 1 N–H and O–H groups in total. The van der Waals surface area contributed by atoms with Gasteiger partial charge in [0.25, 0.3) is 10.2 Å². The first-order chi connectivity index (χ1) is 9.65. The van der Waals surface area contributed by atoms with Crippen LogP contribution in [0, 0.1) is 0 Å². The zero-order valence-corrected chi connectivity index (χ0v) is 12.2. The van der Waals surface area contributed by atoms with E-state index in [4.69, 9.17) is 4.74 Å². The first-order valence-electron chi connectivity index (χ1n) is 7.02. The fourth-order valence-electron chi connectivity index (χ4n) is 2.60. The van der Waals surface area contributed by atoms with E-state index < -0.39 is 10.2 Å². The predicted octanol–water partition coefficient (Wildman–Crippen LogP) is -0.114. The normalized spacial score (nSPS) is 20.8. The van der Waals surface area contributed by atoms with Crippen LogP contribution in [0.15, 0.2) is 6.20 Å². The molecule has 0 amide bonds. The van der Waals surface area contributed by atoms with E-state index in [1.165, 1.54) is 10.7 Å². The average Bonchev–Trinajstić information content (AvgIpc) is 2.89. The molecule has 3 rings (SSSR count). The van der Waals surface area contributed by atoms with Crippen molar-refractivity contribution in [3.8, 4) is 0 Å². The fourth-order valence-corrected chi connectivity index (χ4v) is 3.74. The first kappa shape index (κ1) is 14.0. The Kier molecular flexibility index (Phi) is 4.06. The Hall–Kier alpha value is -0.960. The van der Waals surface area contributed by atoms with E-state index in [1.807, 2.05) is 6.20 Å². The van der Waals surface area contributed by atoms with Crippen LogP contribution in [0.2, 0.25) is 0 Å². The number of imidazole rings is 1. The molecule has 112 valence electrons. The second kappa shape index (κ2) is 5.80. The highest BCUT2D eigenvalue weighted by atomic mass is 32.2. The Bertz CT molecular complexity index is 540. The topological polar surface area (TPSA) is 76.5 Å². The number of aromatic nitrogens is 2. The Morgan fingerprint density at radius 1 is 1.25 bits per heavy atom. The molecule has 0 unspecified atom stereocenters. The number of hydrogen-bond donors (Lipinski definition) is 1. The van der Waals surface area contributed by atoms with Gasteiger partial charge in [-0.25, -0.2) is 4.98 Å². The Morgan fingerprint density at radius 3 is 2.80 bits per heavy atom. The van der Waals surface area contributed by atoms with E-state index in [2.05, 4.69) is 14.3 Å². The summed E-state index contributed by atoms with van der Waals surface area (Å²) in [6, 6.07) is 0. The predicted molar refractivity (Wildman–Crippen MR) is 73.3 cm³/mol. The molecule has 1 aromatic heterocycles. The second-order valence-electron chi connectivity index (χ2n) is 5.14. The van der Waals surface area contributed by atoms with E-state index >= 15 is 0 Å². The molecule has 2 aliphatic heterocycles. The van der Waals surface area contributed by atoms with Gasteiger partial charge in [0.15, 0.2) is 0 Å². The molecule has 1 aromatic rings. The van der Waals surface area contributed by atoms with Gasteiger partial charge >= 0.3 is 0 Å². The summed E-state index contributed by atoms with van der Waals surface area (Å²) in [4.78, 5) is 4.49. The van der Waals surface area contributed by atoms with Crippen molar-refractivity contribution in [3.05, 3.63) is 17.7 Å². The van der Waals surface area contributed by atoms with E-state index in [-0.39, 0.29) is 6.54 Å². The van der Waals surface area contributed by atoms with Gasteiger partial charge in [0.05, 0.1) is 25.5 Å². The van der Waals surface area contributed by atoms with Crippen LogP contribution in [0.25, 0.3) is 0 Å². The van der Waals surface area contributed by atoms with Crippen molar-refractivity contribution in [2.45, 2.75) is 32.4 Å². The number of fused-ring (bicyclic) bond motifs is 1. The highest BCUT2D eigenvalue weighted by Gasteiger charge is 2.24. The van der Waals surface area contributed by atoms with E-state index in [0.717, 1.165) is 30.9 Å². The zero-order valence-electron chi connectivity index (χ0n) is 11.4. The summed E-state index contributed by atoms with van der Waals surface area (Å²) in [7, 11) is -3.43. The molecule has 0 saturated carbocycles. The van der Waals surface area contributed by atoms with Gasteiger partial charge < -0.3 is 9.30 Å². The minimum Gasteiger partial charge on any atom is -0.379 e. The smallest absolute Gasteiger partial charge is 0.279 e. The molecule has 0 bridgehead atoms. The van der Waals surface area contributed by atoms with Crippen LogP contribution in [-0.2, 0) is 34.5 Å². The lowest BCUT2D eigenvalue weighted by Crippen LogP contribution is -2.46. The molecule has 0 radical (unpaired) electrons. The highest BCUT2D eigenvalue weighted by Crippen LogP contribution is 2.14. The molecule has 8 heteroatoms. The van der Waals surface area contributed by atoms with Crippen molar-refractivity contribution < 1.29 is 13.2 Å². The summed E-state index contributed by atoms with van der Waals surface area (Å²) in [5.74, 6) is 1.07. The van der Waals surface area contributed by atoms with Gasteiger partial charge in [0, 0.05) is 32.3 Å². The summed E-state index contributed by atoms with van der Waals surface area (Å²) in [6.45, 7) is 2.97. The summed E-state index contributed by atoms with van der Waals surface area (Å²) >= 11 is 0. The molecule has 20 heavy (non-hydrogen) atoms. The lowest BCUT2D eigenvalue weighted by Gasteiger charge is -2.25. The van der Waals surface area contributed by atoms with Gasteiger partial charge in [-0.1, -0.05) is 0 Å². The lowest BCUT2D eigenvalue weighted by molar-refractivity contribution is 0.0724. The lowest BCUT2D eigenvalue weighted by atomic mass is 10.2. The Balaban J connectivity index is 1.62. The number of nitrogens with one attached hydrogen (secondary N) is 1. The Labute approximate surface area is 119 Å². The van der Waals surface area contributed by atoms with Crippen molar-refractivity contribution in [3.63, 3.8) is 0 Å². The molecule has 3 heterocycles. The van der Waals surface area contributed by atoms with Crippen LogP contribution >= 0.6 is 0 Å². The molecule has 7 nitrogen and oxygen atoms in total. The van der Waals surface area contributed by atoms with Gasteiger partial charge in [0.1, 0.15) is 5.82 Å². The summed E-state index contributed by atoms with van der Waals surface area (Å²) in [5.41, 5.74) is 0.790. The van der Waals surface area contributed by atoms with Crippen LogP contribution < -0.4 is 4.72 Å². The van der Waals surface area contributed by atoms with Gasteiger partial charge in [-0.3, -0.25) is 0 Å². The third kappa shape index (κ3) is 3.03. The van der Waals surface area contributed by atoms with E-state index in [1.54, 1.807) is 0 Å². The maximum atomic E-state index is 12.1. The SMILES string of the molecule is O=S(=O)(NCc1cn2c(n1)CCCC2)N1CCOCC1. The van der Waals surface area contributed by atoms with Gasteiger partial charge in [-0.15, -0.1) is 0 Å². The highest BCUT2D eigenvalue weighted by molar-refractivity contribution is 7.87. The third-order valence-electron chi connectivity index (χ3n) is 3.70. The van der Waals surface area contributed by atoms with Gasteiger partial charge in [0.2, 0.25) is 0 Å². The molecule has 0 atom stereocenters. The number of ether oxygens (including phenoxy) is 1. The largest absolute Gasteiger partial charge is 0.379 e. The number of morpholine rings is 1. The van der Waals surface area contributed by atoms with Crippen molar-refractivity contribution in [2.75, 3.05) is 26.3 Å². The van der Waals surface area contributed by atoms with Crippen molar-refractivity contribution in [1.82, 2.24) is 18.6 Å². The number of aryl methyl sites for hydroxylation is 2. The molecule has 0 aliphatic carbocycles. The molecule has 1 fully saturated rings. The summed E-state index contributed by atoms with van der Waals surface area (Å²) < 4.78 is 35.6. The quantitative estimate of drug-likeness (QED) is 0.841. The average molecular weight is 300 g/mol. The molecular formula is C12H20N4O3S. The first-order valence-corrected chi connectivity index (χ1v) is 8.46. The third-order valence-corrected chi connectivity index (χ3v) is 5.26. The molecule has 1 saturated heterocycles. The maximum Gasteiger partial charge on any atom is 0.279 e. The van der Waals surface area contributed by atoms with E-state index in [0.29, 0.717) is 26.3 Å². The van der Waals surface area contributed by atoms with Crippen molar-refractivity contribution in [2.24, 2.45) is 0 Å². The summed E-state index contributed by atoms with van der Waals surface area (Å²) in [6.07, 6.45) is 5.27. The fraction of sp³-hybridized carbons (Fsp3) is 0.750. The standard InChI is InChI=1S/C12H20N4O3S/c17-20(18,16-5-7-19-8-6-16)13-9-11-10-15-4-2-1-3-12(15)14-11/h10,13H,1-9H2. The van der Waals surface area contributed by atoms with Crippen LogP contribution in [0.3, 0.4) is 0 Å². The molecule has 2 aliphatic rings. The molecular weight excluding hydrogens is 280 g/mol. The van der Waals surface area contributed by atoms with E-state index in [9.17, 15) is 8.42 Å². The monoisotopic (exact) mass is 300 g/mol. The number of rotatable bonds is 4. The van der Waals surface area contributed by atoms with Gasteiger partial charge in [-0.05, 0) is 12.8 Å². The Morgan fingerprint density at radius 2 is 2.05 bits per heavy atom. The molecule has 0 aromatic carbocycles. The minimum atomic E-state index is -3.43. The van der Waals surface area contributed by atoms with Crippen LogP contribution in [0.5, 0.6) is 0 Å². The number of nitrogens with zero attached hydrogens (tertiary/aromatic N) is 3. The van der Waals surface area contributed by atoms with Gasteiger partial charge in [-0.2, -0.15) is 17.4 Å². The van der Waals surface area contributed by atoms with Crippen molar-refractivity contribution >= 4 is 10.2 Å². The van der Waals surface area contributed by atoms with Crippen molar-refractivity contribution in [1.29, 1.82) is 0 Å². The van der Waals surface area contributed by atoms with Crippen LogP contribution in [0.1, 0.15) is 24.4 Å².